The average Bonchev–Trinajstić information content (AvgIpc) is 3.09. The molecule has 0 aromatic heterocycles. The Balaban J connectivity index is 1.80. The molecule has 1 unspecified atom stereocenters. The molecule has 13 atom stereocenters. The van der Waals surface area contributed by atoms with Gasteiger partial charge in [0.25, 0.3) is 0 Å². The van der Waals surface area contributed by atoms with Crippen molar-refractivity contribution in [2.45, 2.75) is 77.0 Å². The topological polar surface area (TPSA) is 163 Å². The third-order valence-corrected chi connectivity index (χ3v) is 9.77. The van der Waals surface area contributed by atoms with Gasteiger partial charge < -0.3 is 39.7 Å². The van der Waals surface area contributed by atoms with Crippen LogP contribution < -0.4 is 0 Å². The molecule has 35 heavy (non-hydrogen) atoms. The summed E-state index contributed by atoms with van der Waals surface area (Å²) in [7, 11) is 0. The maximum Gasteiger partial charge on any atom is 0.335 e. The molecule has 10 nitrogen and oxygen atoms in total. The van der Waals surface area contributed by atoms with Gasteiger partial charge >= 0.3 is 11.9 Å². The summed E-state index contributed by atoms with van der Waals surface area (Å²) in [5.41, 5.74) is -1.79. The Hall–Kier alpha value is -1.82. The van der Waals surface area contributed by atoms with Crippen molar-refractivity contribution in [1.29, 1.82) is 0 Å². The molecule has 5 rings (SSSR count). The molecule has 194 valence electrons. The number of carbonyl (C=O) groups is 2. The number of allylic oxidation sites excluding steroid dienone is 1. The lowest BCUT2D eigenvalue weighted by Gasteiger charge is -2.69. The Bertz CT molecular complexity index is 1020. The number of fused-ring (bicyclic) bond motifs is 1. The van der Waals surface area contributed by atoms with E-state index >= 15 is 0 Å². The van der Waals surface area contributed by atoms with E-state index in [4.69, 9.17) is 14.2 Å². The molecule has 2 heterocycles. The average molecular weight is 495 g/mol. The molecule has 2 saturated carbocycles. The van der Waals surface area contributed by atoms with Crippen molar-refractivity contribution in [2.75, 3.05) is 6.61 Å². The lowest BCUT2D eigenvalue weighted by Crippen LogP contribution is -2.81. The minimum absolute atomic E-state index is 0.209. The zero-order chi connectivity index (χ0) is 25.8. The molecule has 0 amide bonds. The molecule has 0 aromatic carbocycles. The van der Waals surface area contributed by atoms with Crippen LogP contribution in [0.1, 0.15) is 34.6 Å². The zero-order valence-electron chi connectivity index (χ0n) is 20.4. The van der Waals surface area contributed by atoms with Crippen molar-refractivity contribution in [3.05, 3.63) is 23.3 Å². The summed E-state index contributed by atoms with van der Waals surface area (Å²) < 4.78 is 17.7. The van der Waals surface area contributed by atoms with Crippen molar-refractivity contribution in [2.24, 2.45) is 34.5 Å². The Kier molecular flexibility index (Phi) is 5.39. The molecule has 2 bridgehead atoms. The predicted molar refractivity (Wildman–Crippen MR) is 118 cm³/mol. The van der Waals surface area contributed by atoms with E-state index in [2.05, 4.69) is 0 Å². The fourth-order valence-electron chi connectivity index (χ4n) is 8.37. The smallest absolute Gasteiger partial charge is 0.335 e. The molecule has 1 spiro atoms. The molecule has 5 aliphatic rings. The van der Waals surface area contributed by atoms with Crippen LogP contribution in [0.5, 0.6) is 0 Å². The summed E-state index contributed by atoms with van der Waals surface area (Å²) in [6, 6.07) is 0. The second-order valence-electron chi connectivity index (χ2n) is 11.2. The van der Waals surface area contributed by atoms with Crippen LogP contribution in [0.15, 0.2) is 23.3 Å². The quantitative estimate of drug-likeness (QED) is 0.191. The molecular weight excluding hydrogens is 460 g/mol. The number of ether oxygens (including phenoxy) is 3. The van der Waals surface area contributed by atoms with Crippen molar-refractivity contribution < 1.29 is 49.3 Å². The van der Waals surface area contributed by atoms with Crippen LogP contribution >= 0.6 is 0 Å². The van der Waals surface area contributed by atoms with E-state index in [-0.39, 0.29) is 6.61 Å². The van der Waals surface area contributed by atoms with Gasteiger partial charge in [0.1, 0.15) is 18.3 Å². The number of aliphatic hydroxyl groups is 5. The largest absolute Gasteiger partial charge is 0.456 e. The van der Waals surface area contributed by atoms with Gasteiger partial charge in [-0.05, 0) is 26.7 Å². The lowest BCUT2D eigenvalue weighted by atomic mass is 9.37. The van der Waals surface area contributed by atoms with Gasteiger partial charge in [-0.2, -0.15) is 0 Å². The highest BCUT2D eigenvalue weighted by atomic mass is 16.7. The standard InChI is InChI=1S/C25H34O10/c1-6-9(2)20(30)34-16-13-10(3)7-12(26)18(29)23(13,5)22-24-8-33-25(22,32)17(28)11(4)14(24)15(27)21(31)35-19(16)24/h6-7,11-19,22,26-29,32H,8H2,1-5H3/b9-6+/t11-,12+,13-,14-,15?,16-,17-,18-,19-,22-,23-,24-,25-/m1/s1. The van der Waals surface area contributed by atoms with Gasteiger partial charge in [-0.15, -0.1) is 0 Å². The first-order chi connectivity index (χ1) is 16.3. The van der Waals surface area contributed by atoms with Crippen molar-refractivity contribution in [3.63, 3.8) is 0 Å². The fraction of sp³-hybridized carbons (Fsp3) is 0.760. The molecule has 0 radical (unpaired) electrons. The third-order valence-electron chi connectivity index (χ3n) is 9.77. The highest BCUT2D eigenvalue weighted by Crippen LogP contribution is 2.74. The van der Waals surface area contributed by atoms with Crippen LogP contribution in [0, 0.1) is 34.5 Å². The van der Waals surface area contributed by atoms with E-state index in [0.717, 1.165) is 0 Å². The number of hydrogen-bond acceptors (Lipinski definition) is 10. The van der Waals surface area contributed by atoms with Gasteiger partial charge in [0.2, 0.25) is 0 Å². The van der Waals surface area contributed by atoms with Gasteiger partial charge in [-0.1, -0.05) is 31.6 Å². The van der Waals surface area contributed by atoms with Crippen LogP contribution in [-0.4, -0.2) is 86.5 Å². The number of aliphatic hydroxyl groups excluding tert-OH is 4. The first-order valence-electron chi connectivity index (χ1n) is 12.1. The summed E-state index contributed by atoms with van der Waals surface area (Å²) in [6.07, 6.45) is -5.04. The van der Waals surface area contributed by atoms with Crippen molar-refractivity contribution in [3.8, 4) is 0 Å². The molecule has 3 aliphatic carbocycles. The van der Waals surface area contributed by atoms with Gasteiger partial charge in [0.15, 0.2) is 11.9 Å². The first kappa shape index (κ1) is 24.9. The van der Waals surface area contributed by atoms with Crippen LogP contribution in [0.2, 0.25) is 0 Å². The number of carbonyl (C=O) groups excluding carboxylic acids is 2. The summed E-state index contributed by atoms with van der Waals surface area (Å²) in [5, 5.41) is 56.2. The normalized spacial score (nSPS) is 54.9. The molecular formula is C25H34O10. The number of rotatable bonds is 2. The summed E-state index contributed by atoms with van der Waals surface area (Å²) in [5.74, 6) is -7.28. The van der Waals surface area contributed by atoms with E-state index in [1.54, 1.807) is 40.7 Å². The molecule has 2 aliphatic heterocycles. The summed E-state index contributed by atoms with van der Waals surface area (Å²) in [4.78, 5) is 25.9. The van der Waals surface area contributed by atoms with E-state index in [1.807, 2.05) is 0 Å². The van der Waals surface area contributed by atoms with Crippen molar-refractivity contribution >= 4 is 11.9 Å². The summed E-state index contributed by atoms with van der Waals surface area (Å²) >= 11 is 0. The molecule has 2 saturated heterocycles. The number of esters is 2. The van der Waals surface area contributed by atoms with E-state index in [0.29, 0.717) is 11.1 Å². The fourth-order valence-corrected chi connectivity index (χ4v) is 8.37. The van der Waals surface area contributed by atoms with Crippen LogP contribution in [0.4, 0.5) is 0 Å². The molecule has 5 N–H and O–H groups in total. The maximum absolute atomic E-state index is 13.0. The van der Waals surface area contributed by atoms with Crippen LogP contribution in [0.3, 0.4) is 0 Å². The molecule has 0 aromatic rings. The predicted octanol–water partition coefficient (Wildman–Crippen LogP) is -0.583. The monoisotopic (exact) mass is 494 g/mol. The van der Waals surface area contributed by atoms with Gasteiger partial charge in [0.05, 0.1) is 18.8 Å². The third kappa shape index (κ3) is 2.75. The first-order valence-corrected chi connectivity index (χ1v) is 12.1. The highest BCUT2D eigenvalue weighted by Gasteiger charge is 2.85. The zero-order valence-corrected chi connectivity index (χ0v) is 20.4. The Morgan fingerprint density at radius 1 is 1.23 bits per heavy atom. The van der Waals surface area contributed by atoms with E-state index < -0.39 is 88.9 Å². The van der Waals surface area contributed by atoms with Crippen molar-refractivity contribution in [1.82, 2.24) is 0 Å². The van der Waals surface area contributed by atoms with Gasteiger partial charge in [0, 0.05) is 34.2 Å². The number of hydrogen-bond donors (Lipinski definition) is 5. The molecule has 10 heteroatoms. The second-order valence-corrected chi connectivity index (χ2v) is 11.2. The SMILES string of the molecule is C/C=C(\C)C(=O)O[C@@H]1[C@H]2C(C)=C[C@H](O)[C@@H](O)[C@]2(C)[C@H]2[C@]3(O)OC[C@@]24[C@@H]1OC(=O)C(O)[C@H]4[C@@H](C)[C@H]3O. The molecule has 4 fully saturated rings. The highest BCUT2D eigenvalue weighted by molar-refractivity contribution is 5.88. The van der Waals surface area contributed by atoms with Gasteiger partial charge in [-0.25, -0.2) is 9.59 Å². The maximum atomic E-state index is 13.0. The Morgan fingerprint density at radius 2 is 1.89 bits per heavy atom. The summed E-state index contributed by atoms with van der Waals surface area (Å²) in [6.45, 7) is 8.05. The van der Waals surface area contributed by atoms with Crippen LogP contribution in [-0.2, 0) is 23.8 Å². The Labute approximate surface area is 203 Å². The second kappa shape index (κ2) is 7.60. The van der Waals surface area contributed by atoms with E-state index in [9.17, 15) is 35.1 Å². The van der Waals surface area contributed by atoms with E-state index in [1.165, 1.54) is 6.08 Å². The van der Waals surface area contributed by atoms with Gasteiger partial charge in [-0.3, -0.25) is 0 Å². The van der Waals surface area contributed by atoms with Crippen LogP contribution in [0.25, 0.3) is 0 Å². The minimum Gasteiger partial charge on any atom is -0.456 e. The minimum atomic E-state index is -2.16. The lowest BCUT2D eigenvalue weighted by molar-refractivity contribution is -0.357. The Morgan fingerprint density at radius 3 is 2.51 bits per heavy atom.